The SMILES string of the molecule is [2H]c1nc([2H])c(-n2nc(Br)c([2H])c2[2H])c([2H])c1Br. The van der Waals surface area contributed by atoms with Gasteiger partial charge in [-0.25, -0.2) is 4.68 Å². The number of aromatic nitrogens is 3. The molecule has 0 N–H and O–H groups in total. The quantitative estimate of drug-likeness (QED) is 0.811. The predicted octanol–water partition coefficient (Wildman–Crippen LogP) is 2.79. The molecule has 2 rings (SSSR count). The van der Waals surface area contributed by atoms with Crippen LogP contribution in [-0.4, -0.2) is 14.8 Å². The lowest BCUT2D eigenvalue weighted by Crippen LogP contribution is -1.94. The minimum Gasteiger partial charge on any atom is -0.261 e. The van der Waals surface area contributed by atoms with Crippen LogP contribution in [0.1, 0.15) is 6.85 Å². The number of rotatable bonds is 1. The summed E-state index contributed by atoms with van der Waals surface area (Å²) in [6.45, 7) is 0. The van der Waals surface area contributed by atoms with Gasteiger partial charge in [0.15, 0.2) is 0 Å². The fraction of sp³-hybridized carbons (Fsp3) is 0. The number of hydrogen-bond acceptors (Lipinski definition) is 2. The molecular weight excluding hydrogens is 298 g/mol. The summed E-state index contributed by atoms with van der Waals surface area (Å²) in [4.78, 5) is 3.64. The van der Waals surface area contributed by atoms with Crippen LogP contribution in [0.2, 0.25) is 0 Å². The zero-order valence-corrected chi connectivity index (χ0v) is 9.27. The molecular formula is C8H5Br2N3. The Hall–Kier alpha value is -0.680. The molecule has 66 valence electrons. The van der Waals surface area contributed by atoms with Crippen molar-refractivity contribution in [3.63, 3.8) is 0 Å². The van der Waals surface area contributed by atoms with Crippen molar-refractivity contribution in [1.82, 2.24) is 14.8 Å². The van der Waals surface area contributed by atoms with Crippen molar-refractivity contribution in [2.24, 2.45) is 0 Å². The molecule has 5 heteroatoms. The smallest absolute Gasteiger partial charge is 0.128 e. The summed E-state index contributed by atoms with van der Waals surface area (Å²) >= 11 is 6.04. The van der Waals surface area contributed by atoms with Crippen LogP contribution in [0.3, 0.4) is 0 Å². The monoisotopic (exact) mass is 306 g/mol. The molecule has 0 atom stereocenters. The third-order valence-corrected chi connectivity index (χ3v) is 1.94. The van der Waals surface area contributed by atoms with Crippen LogP contribution >= 0.6 is 31.9 Å². The molecule has 0 bridgehead atoms. The summed E-state index contributed by atoms with van der Waals surface area (Å²) in [6.07, 6.45) is -0.815. The number of halogens is 2. The highest BCUT2D eigenvalue weighted by atomic mass is 79.9. The van der Waals surface area contributed by atoms with E-state index < -0.39 is 0 Å². The van der Waals surface area contributed by atoms with Crippen LogP contribution in [0.25, 0.3) is 5.69 Å². The average molecular weight is 308 g/mol. The number of hydrogen-bond donors (Lipinski definition) is 0. The third-order valence-electron chi connectivity index (χ3n) is 1.21. The molecule has 0 aromatic carbocycles. The van der Waals surface area contributed by atoms with E-state index in [1.54, 1.807) is 0 Å². The van der Waals surface area contributed by atoms with Gasteiger partial charge < -0.3 is 0 Å². The van der Waals surface area contributed by atoms with Gasteiger partial charge in [-0.1, -0.05) is 0 Å². The van der Waals surface area contributed by atoms with Gasteiger partial charge in [0.05, 0.1) is 18.7 Å². The van der Waals surface area contributed by atoms with E-state index in [2.05, 4.69) is 41.9 Å². The second-order valence-electron chi connectivity index (χ2n) is 2.06. The minimum atomic E-state index is -0.336. The Morgan fingerprint density at radius 3 is 2.92 bits per heavy atom. The lowest BCUT2D eigenvalue weighted by Gasteiger charge is -1.99. The van der Waals surface area contributed by atoms with E-state index in [0.717, 1.165) is 4.68 Å². The highest BCUT2D eigenvalue weighted by Gasteiger charge is 1.99. The predicted molar refractivity (Wildman–Crippen MR) is 56.8 cm³/mol. The number of nitrogens with zero attached hydrogens (tertiary/aromatic N) is 3. The first-order valence-corrected chi connectivity index (χ1v) is 4.78. The standard InChI is InChI=1S/C8H5Br2N3/c9-6-3-7(5-11-4-6)13-2-1-8(10)12-13/h1-5H/i1D,2D,3D,4D,5D. The average Bonchev–Trinajstić information content (AvgIpc) is 2.55. The highest BCUT2D eigenvalue weighted by Crippen LogP contribution is 2.14. The van der Waals surface area contributed by atoms with Gasteiger partial charge in [0.2, 0.25) is 0 Å². The Bertz CT molecular complexity index is 642. The van der Waals surface area contributed by atoms with E-state index in [1.165, 1.54) is 0 Å². The highest BCUT2D eigenvalue weighted by molar-refractivity contribution is 9.10. The van der Waals surface area contributed by atoms with Gasteiger partial charge in [-0.3, -0.25) is 4.98 Å². The Morgan fingerprint density at radius 2 is 2.23 bits per heavy atom. The maximum absolute atomic E-state index is 7.84. The lowest BCUT2D eigenvalue weighted by molar-refractivity contribution is 0.863. The molecule has 2 heterocycles. The van der Waals surface area contributed by atoms with E-state index in [-0.39, 0.29) is 45.4 Å². The van der Waals surface area contributed by atoms with Crippen molar-refractivity contribution in [2.75, 3.05) is 0 Å². The van der Waals surface area contributed by atoms with E-state index in [4.69, 9.17) is 6.85 Å². The van der Waals surface area contributed by atoms with Crippen molar-refractivity contribution >= 4 is 31.9 Å². The van der Waals surface area contributed by atoms with Crippen molar-refractivity contribution in [3.8, 4) is 5.69 Å². The summed E-state index contributed by atoms with van der Waals surface area (Å²) in [7, 11) is 0. The van der Waals surface area contributed by atoms with Gasteiger partial charge in [0.25, 0.3) is 0 Å². The van der Waals surface area contributed by atoms with Crippen molar-refractivity contribution < 1.29 is 6.85 Å². The molecule has 0 radical (unpaired) electrons. The lowest BCUT2D eigenvalue weighted by atomic mass is 10.4. The van der Waals surface area contributed by atoms with E-state index in [1.807, 2.05) is 0 Å². The Labute approximate surface area is 99.1 Å². The summed E-state index contributed by atoms with van der Waals surface area (Å²) < 4.78 is 39.4. The summed E-state index contributed by atoms with van der Waals surface area (Å²) in [5.74, 6) is 0. The van der Waals surface area contributed by atoms with Gasteiger partial charge in [-0.15, -0.1) is 0 Å². The Balaban J connectivity index is 2.79. The first-order valence-electron chi connectivity index (χ1n) is 5.70. The summed E-state index contributed by atoms with van der Waals surface area (Å²) in [5, 5.41) is 3.87. The van der Waals surface area contributed by atoms with E-state index >= 15 is 0 Å². The van der Waals surface area contributed by atoms with Gasteiger partial charge in [-0.05, 0) is 43.9 Å². The maximum Gasteiger partial charge on any atom is 0.128 e. The minimum absolute atomic E-state index is 0.0397. The van der Waals surface area contributed by atoms with Gasteiger partial charge in [0.1, 0.15) is 4.60 Å². The topological polar surface area (TPSA) is 30.7 Å². The van der Waals surface area contributed by atoms with Gasteiger partial charge in [-0.2, -0.15) is 5.10 Å². The molecule has 0 unspecified atom stereocenters. The Kier molecular flexibility index (Phi) is 1.30. The first kappa shape index (κ1) is 4.70. The largest absolute Gasteiger partial charge is 0.261 e. The molecule has 13 heavy (non-hydrogen) atoms. The zero-order valence-electron chi connectivity index (χ0n) is 11.1. The molecule has 2 aromatic heterocycles. The molecule has 0 saturated heterocycles. The molecule has 3 nitrogen and oxygen atoms in total. The second-order valence-corrected chi connectivity index (χ2v) is 3.61. The van der Waals surface area contributed by atoms with Crippen molar-refractivity contribution in [2.45, 2.75) is 0 Å². The normalized spacial score (nSPS) is 15.7. The number of pyridine rings is 1. The molecule has 0 saturated carbocycles. The molecule has 0 aliphatic heterocycles. The van der Waals surface area contributed by atoms with Gasteiger partial charge >= 0.3 is 0 Å². The second kappa shape index (κ2) is 3.59. The molecule has 0 amide bonds. The maximum atomic E-state index is 7.84. The van der Waals surface area contributed by atoms with E-state index in [9.17, 15) is 0 Å². The molecule has 2 aromatic rings. The van der Waals surface area contributed by atoms with Crippen molar-refractivity contribution in [3.05, 3.63) is 39.7 Å². The van der Waals surface area contributed by atoms with Crippen LogP contribution in [-0.2, 0) is 0 Å². The van der Waals surface area contributed by atoms with Crippen LogP contribution in [0.15, 0.2) is 39.7 Å². The van der Waals surface area contributed by atoms with Crippen LogP contribution in [0.4, 0.5) is 0 Å². The van der Waals surface area contributed by atoms with Crippen LogP contribution < -0.4 is 0 Å². The fourth-order valence-electron chi connectivity index (χ4n) is 0.733. The molecule has 0 fully saturated rings. The molecule has 0 spiro atoms. The molecule has 0 aliphatic rings. The fourth-order valence-corrected chi connectivity index (χ4v) is 1.26. The van der Waals surface area contributed by atoms with Crippen LogP contribution in [0.5, 0.6) is 0 Å². The Morgan fingerprint density at radius 1 is 1.38 bits per heavy atom. The van der Waals surface area contributed by atoms with Crippen molar-refractivity contribution in [1.29, 1.82) is 0 Å². The van der Waals surface area contributed by atoms with E-state index in [0.29, 0.717) is 0 Å². The van der Waals surface area contributed by atoms with Crippen LogP contribution in [0, 0.1) is 0 Å². The zero-order chi connectivity index (χ0) is 13.6. The molecule has 0 aliphatic carbocycles. The van der Waals surface area contributed by atoms with Gasteiger partial charge in [0, 0.05) is 16.8 Å². The third kappa shape index (κ3) is 1.97. The first-order chi connectivity index (χ1) is 8.34. The summed E-state index contributed by atoms with van der Waals surface area (Å²) in [5.41, 5.74) is -0.0397. The summed E-state index contributed by atoms with van der Waals surface area (Å²) in [6, 6.07) is -0.302.